The summed E-state index contributed by atoms with van der Waals surface area (Å²) in [6.45, 7) is 2.26. The van der Waals surface area contributed by atoms with Gasteiger partial charge in [0.25, 0.3) is 5.91 Å². The molecule has 2 bridgehead atoms. The van der Waals surface area contributed by atoms with Crippen LogP contribution in [-0.2, 0) is 4.74 Å². The maximum Gasteiger partial charge on any atom is 0.286 e. The van der Waals surface area contributed by atoms with E-state index in [4.69, 9.17) is 14.4 Å². The highest BCUT2D eigenvalue weighted by molar-refractivity contribution is 5.91. The minimum atomic E-state index is -0.180. The number of hydrogen-bond donors (Lipinski definition) is 1. The topological polar surface area (TPSA) is 91.4 Å². The van der Waals surface area contributed by atoms with Crippen LogP contribution in [0.3, 0.4) is 0 Å². The molecule has 0 unspecified atom stereocenters. The first-order valence-electron chi connectivity index (χ1n) is 9.29. The molecule has 3 fully saturated rings. The molecule has 7 nitrogen and oxygen atoms in total. The Morgan fingerprint density at radius 2 is 2.37 bits per heavy atom. The zero-order chi connectivity index (χ0) is 18.4. The smallest absolute Gasteiger partial charge is 0.286 e. The highest BCUT2D eigenvalue weighted by Crippen LogP contribution is 2.55. The van der Waals surface area contributed by atoms with E-state index in [9.17, 15) is 4.79 Å². The fourth-order valence-corrected chi connectivity index (χ4v) is 4.98. The fraction of sp³-hybridized carbons (Fsp3) is 0.450. The van der Waals surface area contributed by atoms with Crippen LogP contribution in [-0.4, -0.2) is 42.2 Å². The number of rotatable bonds is 4. The number of furan rings is 1. The Bertz CT molecular complexity index is 889. The summed E-state index contributed by atoms with van der Waals surface area (Å²) in [5.41, 5.74) is 0.423. The first-order valence-corrected chi connectivity index (χ1v) is 9.29. The number of nitrogens with zero attached hydrogens (tertiary/aromatic N) is 3. The lowest BCUT2D eigenvalue weighted by Gasteiger charge is -2.29. The van der Waals surface area contributed by atoms with Crippen LogP contribution in [0.2, 0.25) is 0 Å². The van der Waals surface area contributed by atoms with Crippen LogP contribution in [0.25, 0.3) is 0 Å². The highest BCUT2D eigenvalue weighted by Gasteiger charge is 2.63. The second-order valence-electron chi connectivity index (χ2n) is 7.61. The number of fused-ring (bicyclic) bond motifs is 1. The molecule has 0 saturated carbocycles. The van der Waals surface area contributed by atoms with Crippen LogP contribution in [0.15, 0.2) is 41.1 Å². The number of nitriles is 1. The van der Waals surface area contributed by atoms with Crippen LogP contribution in [0.4, 0.5) is 5.82 Å². The van der Waals surface area contributed by atoms with E-state index in [-0.39, 0.29) is 17.6 Å². The second kappa shape index (κ2) is 6.10. The third kappa shape index (κ3) is 2.60. The monoisotopic (exact) mass is 364 g/mol. The number of ether oxygens (including phenoxy) is 1. The van der Waals surface area contributed by atoms with Gasteiger partial charge in [0, 0.05) is 37.7 Å². The highest BCUT2D eigenvalue weighted by atomic mass is 16.5. The molecular weight excluding hydrogens is 344 g/mol. The predicted octanol–water partition coefficient (Wildman–Crippen LogP) is 1.96. The van der Waals surface area contributed by atoms with Crippen LogP contribution < -0.4 is 10.2 Å². The van der Waals surface area contributed by atoms with Gasteiger partial charge in [-0.2, -0.15) is 5.26 Å². The van der Waals surface area contributed by atoms with Gasteiger partial charge in [0.05, 0.1) is 23.5 Å². The van der Waals surface area contributed by atoms with E-state index in [2.05, 4.69) is 21.3 Å². The maximum absolute atomic E-state index is 12.2. The molecule has 3 saturated heterocycles. The van der Waals surface area contributed by atoms with Crippen molar-refractivity contribution >= 4 is 11.7 Å². The van der Waals surface area contributed by atoms with E-state index in [0.29, 0.717) is 29.7 Å². The zero-order valence-electron chi connectivity index (χ0n) is 14.8. The fourth-order valence-electron chi connectivity index (χ4n) is 4.98. The van der Waals surface area contributed by atoms with E-state index < -0.39 is 0 Å². The molecule has 3 aliphatic rings. The van der Waals surface area contributed by atoms with Gasteiger partial charge >= 0.3 is 0 Å². The molecule has 4 atom stereocenters. The largest absolute Gasteiger partial charge is 0.459 e. The van der Waals surface area contributed by atoms with E-state index in [1.807, 2.05) is 6.07 Å². The van der Waals surface area contributed by atoms with Crippen LogP contribution in [0.5, 0.6) is 0 Å². The van der Waals surface area contributed by atoms with Crippen molar-refractivity contribution in [2.75, 3.05) is 24.5 Å². The number of carbonyl (C=O) groups excluding carboxylic acids is 1. The number of amides is 1. The van der Waals surface area contributed by atoms with E-state index >= 15 is 0 Å². The lowest BCUT2D eigenvalue weighted by molar-refractivity contribution is 0.0141. The molecule has 3 aliphatic heterocycles. The Morgan fingerprint density at radius 3 is 3.11 bits per heavy atom. The lowest BCUT2D eigenvalue weighted by Crippen LogP contribution is -2.41. The minimum absolute atomic E-state index is 0.139. The first-order chi connectivity index (χ1) is 13.2. The molecule has 2 aromatic rings. The van der Waals surface area contributed by atoms with Crippen molar-refractivity contribution < 1.29 is 13.9 Å². The van der Waals surface area contributed by atoms with Gasteiger partial charge in [0.2, 0.25) is 0 Å². The zero-order valence-corrected chi connectivity index (χ0v) is 14.8. The van der Waals surface area contributed by atoms with E-state index in [1.54, 1.807) is 24.4 Å². The number of aromatic nitrogens is 1. The van der Waals surface area contributed by atoms with Gasteiger partial charge in [-0.1, -0.05) is 0 Å². The molecule has 5 rings (SSSR count). The number of hydrogen-bond acceptors (Lipinski definition) is 6. The summed E-state index contributed by atoms with van der Waals surface area (Å²) in [6.07, 6.45) is 5.41. The van der Waals surface area contributed by atoms with Crippen LogP contribution in [0, 0.1) is 23.2 Å². The van der Waals surface area contributed by atoms with Crippen molar-refractivity contribution in [1.82, 2.24) is 10.3 Å². The molecule has 0 radical (unpaired) electrons. The van der Waals surface area contributed by atoms with Crippen molar-refractivity contribution in [1.29, 1.82) is 5.26 Å². The third-order valence-corrected chi connectivity index (χ3v) is 6.23. The number of anilines is 1. The summed E-state index contributed by atoms with van der Waals surface area (Å²) in [4.78, 5) is 18.9. The number of nitrogens with one attached hydrogen (secondary N) is 1. The normalized spacial score (nSPS) is 30.9. The predicted molar refractivity (Wildman–Crippen MR) is 96.0 cm³/mol. The SMILES string of the molecule is N#Cc1ccc(N2C[C@@H]3[C@H](CNC(=O)c4ccco4)[C@H]4CC[C@]3(C2)O4)nc1. The molecule has 1 spiro atoms. The van der Waals surface area contributed by atoms with E-state index in [1.165, 1.54) is 6.26 Å². The molecule has 27 heavy (non-hydrogen) atoms. The Hall–Kier alpha value is -2.85. The van der Waals surface area contributed by atoms with Gasteiger partial charge in [-0.05, 0) is 37.1 Å². The standard InChI is InChI=1S/C20H20N4O3/c21-8-13-3-4-18(22-9-13)24-11-15-14(16-5-6-20(15,12-24)27-16)10-23-19(25)17-2-1-7-26-17/h1-4,7,9,14-16H,5-6,10-12H2,(H,23,25)/t14-,15+,16+,20+/m0/s1. The molecule has 0 aliphatic carbocycles. The molecular formula is C20H20N4O3. The number of pyridine rings is 1. The Morgan fingerprint density at radius 1 is 1.44 bits per heavy atom. The summed E-state index contributed by atoms with van der Waals surface area (Å²) in [5.74, 6) is 1.69. The summed E-state index contributed by atoms with van der Waals surface area (Å²) >= 11 is 0. The third-order valence-electron chi connectivity index (χ3n) is 6.23. The number of carbonyl (C=O) groups is 1. The molecule has 1 N–H and O–H groups in total. The van der Waals surface area contributed by atoms with Gasteiger partial charge in [-0.3, -0.25) is 4.79 Å². The van der Waals surface area contributed by atoms with Crippen LogP contribution >= 0.6 is 0 Å². The summed E-state index contributed by atoms with van der Waals surface area (Å²) in [6, 6.07) is 9.18. The molecule has 7 heteroatoms. The van der Waals surface area contributed by atoms with E-state index in [0.717, 1.165) is 31.7 Å². The summed E-state index contributed by atoms with van der Waals surface area (Å²) in [7, 11) is 0. The molecule has 0 aromatic carbocycles. The average Bonchev–Trinajstić information content (AvgIpc) is 3.46. The van der Waals surface area contributed by atoms with Crippen molar-refractivity contribution in [3.8, 4) is 6.07 Å². The molecule has 5 heterocycles. The van der Waals surface area contributed by atoms with Crippen molar-refractivity contribution in [2.45, 2.75) is 24.5 Å². The first kappa shape index (κ1) is 16.3. The summed E-state index contributed by atoms with van der Waals surface area (Å²) in [5, 5.41) is 12.0. The maximum atomic E-state index is 12.2. The van der Waals surface area contributed by atoms with Gasteiger partial charge in [0.1, 0.15) is 11.9 Å². The lowest BCUT2D eigenvalue weighted by atomic mass is 9.73. The van der Waals surface area contributed by atoms with Gasteiger partial charge in [0.15, 0.2) is 5.76 Å². The Balaban J connectivity index is 1.30. The molecule has 2 aromatic heterocycles. The quantitative estimate of drug-likeness (QED) is 0.892. The van der Waals surface area contributed by atoms with Gasteiger partial charge in [-0.25, -0.2) is 4.98 Å². The van der Waals surface area contributed by atoms with Gasteiger partial charge < -0.3 is 19.4 Å². The van der Waals surface area contributed by atoms with Crippen molar-refractivity contribution in [2.24, 2.45) is 11.8 Å². The van der Waals surface area contributed by atoms with Crippen LogP contribution in [0.1, 0.15) is 29.0 Å². The average molecular weight is 364 g/mol. The Kier molecular flexibility index (Phi) is 3.69. The minimum Gasteiger partial charge on any atom is -0.459 e. The Labute approximate surface area is 156 Å². The van der Waals surface area contributed by atoms with Gasteiger partial charge in [-0.15, -0.1) is 0 Å². The summed E-state index contributed by atoms with van der Waals surface area (Å²) < 4.78 is 11.6. The molecule has 1 amide bonds. The van der Waals surface area contributed by atoms with Crippen molar-refractivity contribution in [3.63, 3.8) is 0 Å². The molecule has 138 valence electrons. The van der Waals surface area contributed by atoms with Crippen molar-refractivity contribution in [3.05, 3.63) is 48.0 Å². The second-order valence-corrected chi connectivity index (χ2v) is 7.61.